The van der Waals surface area contributed by atoms with E-state index in [1.54, 1.807) is 11.8 Å². The van der Waals surface area contributed by atoms with E-state index < -0.39 is 6.61 Å². The number of carbonyl (C=O) groups excluding carboxylic acids is 1. The molecule has 0 saturated carbocycles. The second kappa shape index (κ2) is 8.99. The predicted molar refractivity (Wildman–Crippen MR) is 109 cm³/mol. The van der Waals surface area contributed by atoms with Crippen LogP contribution in [0.25, 0.3) is 0 Å². The van der Waals surface area contributed by atoms with Gasteiger partial charge in [-0.3, -0.25) is 4.79 Å². The number of hydrogen-bond acceptors (Lipinski definition) is 5. The molecule has 2 aromatic rings. The summed E-state index contributed by atoms with van der Waals surface area (Å²) in [6.07, 6.45) is 1.51. The summed E-state index contributed by atoms with van der Waals surface area (Å²) in [5.74, 6) is 1.28. The van der Waals surface area contributed by atoms with Gasteiger partial charge in [0.2, 0.25) is 0 Å². The molecule has 0 aliphatic carbocycles. The van der Waals surface area contributed by atoms with Crippen LogP contribution < -0.4 is 18.9 Å². The van der Waals surface area contributed by atoms with Gasteiger partial charge < -0.3 is 23.8 Å². The first kappa shape index (κ1) is 21.2. The second-order valence-electron chi connectivity index (χ2n) is 7.45. The number of hydrogen-bond donors (Lipinski definition) is 0. The molecule has 0 unspecified atom stereocenters. The van der Waals surface area contributed by atoms with Crippen molar-refractivity contribution in [2.24, 2.45) is 0 Å². The average Bonchev–Trinajstić information content (AvgIpc) is 2.98. The van der Waals surface area contributed by atoms with Gasteiger partial charge in [0.05, 0.1) is 25.9 Å². The normalized spacial score (nSPS) is 17.7. The highest BCUT2D eigenvalue weighted by Crippen LogP contribution is 2.40. The zero-order valence-corrected chi connectivity index (χ0v) is 17.5. The zero-order valence-electron chi connectivity index (χ0n) is 17.5. The Hall–Kier alpha value is -3.03. The molecular weight excluding hydrogens is 408 g/mol. The molecule has 6 nitrogen and oxygen atoms in total. The lowest BCUT2D eigenvalue weighted by Gasteiger charge is -2.36. The van der Waals surface area contributed by atoms with Crippen LogP contribution in [0.3, 0.4) is 0 Å². The summed E-state index contributed by atoms with van der Waals surface area (Å²) >= 11 is 0. The quantitative estimate of drug-likeness (QED) is 0.690. The van der Waals surface area contributed by atoms with Gasteiger partial charge in [-0.15, -0.1) is 0 Å². The number of amides is 1. The SMILES string of the molecule is CCOc1cc(C(=O)N2CCc3cc4c(cc3[C@H]2C)OCCCO4)ccc1OC(F)F. The van der Waals surface area contributed by atoms with Gasteiger partial charge in [0.15, 0.2) is 23.0 Å². The first-order chi connectivity index (χ1) is 15.0. The molecule has 166 valence electrons. The molecule has 2 aliphatic rings. The summed E-state index contributed by atoms with van der Waals surface area (Å²) in [5.41, 5.74) is 2.51. The molecule has 1 atom stereocenters. The van der Waals surface area contributed by atoms with Crippen LogP contribution >= 0.6 is 0 Å². The van der Waals surface area contributed by atoms with Crippen molar-refractivity contribution in [3.8, 4) is 23.0 Å². The molecule has 2 aliphatic heterocycles. The van der Waals surface area contributed by atoms with Crippen LogP contribution in [0.5, 0.6) is 23.0 Å². The van der Waals surface area contributed by atoms with Crippen molar-refractivity contribution in [1.29, 1.82) is 0 Å². The lowest BCUT2D eigenvalue weighted by Crippen LogP contribution is -2.38. The minimum Gasteiger partial charge on any atom is -0.490 e. The van der Waals surface area contributed by atoms with E-state index in [-0.39, 0.29) is 30.1 Å². The third kappa shape index (κ3) is 4.38. The molecule has 8 heteroatoms. The number of ether oxygens (including phenoxy) is 4. The largest absolute Gasteiger partial charge is 0.490 e. The van der Waals surface area contributed by atoms with Gasteiger partial charge in [-0.1, -0.05) is 0 Å². The monoisotopic (exact) mass is 433 g/mol. The third-order valence-electron chi connectivity index (χ3n) is 5.52. The van der Waals surface area contributed by atoms with Gasteiger partial charge >= 0.3 is 6.61 Å². The molecule has 0 fully saturated rings. The average molecular weight is 433 g/mol. The maximum Gasteiger partial charge on any atom is 0.387 e. The van der Waals surface area contributed by atoms with Crippen molar-refractivity contribution in [1.82, 2.24) is 4.90 Å². The van der Waals surface area contributed by atoms with Crippen LogP contribution in [0.2, 0.25) is 0 Å². The highest BCUT2D eigenvalue weighted by Gasteiger charge is 2.30. The molecule has 0 radical (unpaired) electrons. The van der Waals surface area contributed by atoms with E-state index in [9.17, 15) is 13.6 Å². The lowest BCUT2D eigenvalue weighted by molar-refractivity contribution is -0.0514. The van der Waals surface area contributed by atoms with Crippen molar-refractivity contribution in [2.75, 3.05) is 26.4 Å². The Morgan fingerprint density at radius 3 is 2.61 bits per heavy atom. The Kier molecular flexibility index (Phi) is 6.15. The summed E-state index contributed by atoms with van der Waals surface area (Å²) in [5, 5.41) is 0. The fourth-order valence-electron chi connectivity index (χ4n) is 4.02. The molecule has 31 heavy (non-hydrogen) atoms. The van der Waals surface area contributed by atoms with Crippen LogP contribution in [0, 0.1) is 0 Å². The first-order valence-corrected chi connectivity index (χ1v) is 10.4. The maximum atomic E-state index is 13.3. The molecule has 1 amide bonds. The molecule has 0 bridgehead atoms. The molecule has 2 aromatic carbocycles. The Morgan fingerprint density at radius 1 is 1.16 bits per heavy atom. The van der Waals surface area contributed by atoms with Crippen LogP contribution in [-0.2, 0) is 6.42 Å². The summed E-state index contributed by atoms with van der Waals surface area (Å²) in [4.78, 5) is 15.0. The van der Waals surface area contributed by atoms with E-state index in [0.29, 0.717) is 37.5 Å². The van der Waals surface area contributed by atoms with Gasteiger partial charge in [-0.05, 0) is 61.7 Å². The lowest BCUT2D eigenvalue weighted by atomic mass is 9.92. The molecule has 0 spiro atoms. The van der Waals surface area contributed by atoms with Crippen molar-refractivity contribution in [2.45, 2.75) is 39.3 Å². The van der Waals surface area contributed by atoms with Crippen molar-refractivity contribution < 1.29 is 32.5 Å². The van der Waals surface area contributed by atoms with E-state index in [0.717, 1.165) is 23.3 Å². The molecule has 0 N–H and O–H groups in total. The number of rotatable bonds is 5. The Balaban J connectivity index is 1.60. The Bertz CT molecular complexity index is 965. The van der Waals surface area contributed by atoms with Gasteiger partial charge in [0, 0.05) is 18.5 Å². The second-order valence-corrected chi connectivity index (χ2v) is 7.45. The van der Waals surface area contributed by atoms with Crippen molar-refractivity contribution in [3.63, 3.8) is 0 Å². The minimum absolute atomic E-state index is 0.0923. The molecule has 2 heterocycles. The standard InChI is InChI=1S/C23H25F2NO5/c1-3-28-19-12-16(5-6-18(19)31-23(24)25)22(27)26-8-7-15-11-20-21(13-17(15)14(26)2)30-10-4-9-29-20/h5-6,11-14,23H,3-4,7-10H2,1-2H3/t14-/m1/s1. The number of carbonyl (C=O) groups is 1. The summed E-state index contributed by atoms with van der Waals surface area (Å²) in [6, 6.07) is 8.08. The van der Waals surface area contributed by atoms with Crippen molar-refractivity contribution >= 4 is 5.91 Å². The Morgan fingerprint density at radius 2 is 1.90 bits per heavy atom. The number of alkyl halides is 2. The maximum absolute atomic E-state index is 13.3. The van der Waals surface area contributed by atoms with Gasteiger partial charge in [-0.25, -0.2) is 0 Å². The highest BCUT2D eigenvalue weighted by atomic mass is 19.3. The fourth-order valence-corrected chi connectivity index (χ4v) is 4.02. The topological polar surface area (TPSA) is 57.2 Å². The zero-order chi connectivity index (χ0) is 22.0. The van der Waals surface area contributed by atoms with Gasteiger partial charge in [0.25, 0.3) is 5.91 Å². The molecule has 0 aromatic heterocycles. The van der Waals surface area contributed by atoms with E-state index in [1.165, 1.54) is 18.2 Å². The molecular formula is C23H25F2NO5. The number of nitrogens with zero attached hydrogens (tertiary/aromatic N) is 1. The summed E-state index contributed by atoms with van der Waals surface area (Å²) < 4.78 is 46.8. The molecule has 0 saturated heterocycles. The Labute approximate surface area is 179 Å². The van der Waals surface area contributed by atoms with E-state index >= 15 is 0 Å². The molecule has 4 rings (SSSR count). The summed E-state index contributed by atoms with van der Waals surface area (Å²) in [7, 11) is 0. The number of fused-ring (bicyclic) bond motifs is 2. The van der Waals surface area contributed by atoms with E-state index in [4.69, 9.17) is 14.2 Å². The smallest absolute Gasteiger partial charge is 0.387 e. The third-order valence-corrected chi connectivity index (χ3v) is 5.52. The van der Waals surface area contributed by atoms with Crippen LogP contribution in [0.15, 0.2) is 30.3 Å². The highest BCUT2D eigenvalue weighted by molar-refractivity contribution is 5.95. The van der Waals surface area contributed by atoms with Crippen molar-refractivity contribution in [3.05, 3.63) is 47.0 Å². The minimum atomic E-state index is -2.97. The number of halogens is 2. The summed E-state index contributed by atoms with van der Waals surface area (Å²) in [6.45, 7) is 2.75. The van der Waals surface area contributed by atoms with Crippen LogP contribution in [0.4, 0.5) is 8.78 Å². The fraction of sp³-hybridized carbons (Fsp3) is 0.435. The van der Waals surface area contributed by atoms with Gasteiger partial charge in [0.1, 0.15) is 0 Å². The van der Waals surface area contributed by atoms with E-state index in [2.05, 4.69) is 4.74 Å². The van der Waals surface area contributed by atoms with Crippen LogP contribution in [0.1, 0.15) is 47.8 Å². The van der Waals surface area contributed by atoms with E-state index in [1.807, 2.05) is 19.1 Å². The van der Waals surface area contributed by atoms with Gasteiger partial charge in [-0.2, -0.15) is 8.78 Å². The van der Waals surface area contributed by atoms with Crippen LogP contribution in [-0.4, -0.2) is 43.8 Å². The number of benzene rings is 2. The first-order valence-electron chi connectivity index (χ1n) is 10.4. The predicted octanol–water partition coefficient (Wildman–Crippen LogP) is 4.61.